The molecule has 0 radical (unpaired) electrons. The van der Waals surface area contributed by atoms with E-state index in [0.29, 0.717) is 17.9 Å². The molecule has 2 aliphatic rings. The van der Waals surface area contributed by atoms with Gasteiger partial charge in [-0.3, -0.25) is 4.57 Å². The van der Waals surface area contributed by atoms with E-state index in [1.807, 2.05) is 54.7 Å². The lowest BCUT2D eigenvalue weighted by Gasteiger charge is -2.38. The molecule has 12 rings (SSSR count). The molecule has 1 fully saturated rings. The molecular formula is C61H48F2N4. The molecule has 3 heterocycles. The highest BCUT2D eigenvalue weighted by Crippen LogP contribution is 2.51. The maximum Gasteiger partial charge on any atom is 0.298 e. The average molecular weight is 875 g/mol. The molecule has 4 nitrogen and oxygen atoms in total. The van der Waals surface area contributed by atoms with Gasteiger partial charge in [0.1, 0.15) is 12.5 Å². The van der Waals surface area contributed by atoms with Crippen molar-refractivity contribution in [3.05, 3.63) is 241 Å². The first-order valence-corrected chi connectivity index (χ1v) is 23.4. The molecule has 0 unspecified atom stereocenters. The maximum absolute atomic E-state index is 17.5. The van der Waals surface area contributed by atoms with Gasteiger partial charge in [0, 0.05) is 50.3 Å². The number of anilines is 4. The molecule has 1 aliphatic heterocycles. The van der Waals surface area contributed by atoms with Gasteiger partial charge in [-0.05, 0) is 83.6 Å². The van der Waals surface area contributed by atoms with Gasteiger partial charge < -0.3 is 9.80 Å². The average Bonchev–Trinajstić information content (AvgIpc) is 3.95. The molecule has 1 aliphatic carbocycles. The van der Waals surface area contributed by atoms with Crippen LogP contribution in [0.2, 0.25) is 0 Å². The van der Waals surface area contributed by atoms with E-state index in [4.69, 9.17) is 4.98 Å². The summed E-state index contributed by atoms with van der Waals surface area (Å²) in [6.45, 7) is 0.432. The van der Waals surface area contributed by atoms with Crippen LogP contribution >= 0.6 is 0 Å². The van der Waals surface area contributed by atoms with Gasteiger partial charge in [0.25, 0.3) is 5.92 Å². The number of alkyl halides is 2. The Morgan fingerprint density at radius 2 is 1.06 bits per heavy atom. The van der Waals surface area contributed by atoms with Crippen LogP contribution in [0.25, 0.3) is 49.9 Å². The fourth-order valence-electron chi connectivity index (χ4n) is 11.1. The Kier molecular flexibility index (Phi) is 10.0. The van der Waals surface area contributed by atoms with E-state index in [1.54, 1.807) is 30.3 Å². The van der Waals surface area contributed by atoms with E-state index in [-0.39, 0.29) is 16.5 Å². The van der Waals surface area contributed by atoms with E-state index >= 15 is 8.78 Å². The van der Waals surface area contributed by atoms with Crippen LogP contribution in [0, 0.1) is 0 Å². The van der Waals surface area contributed by atoms with E-state index in [9.17, 15) is 0 Å². The zero-order valence-corrected chi connectivity index (χ0v) is 37.1. The van der Waals surface area contributed by atoms with Crippen LogP contribution in [0.15, 0.2) is 219 Å². The molecule has 8 aromatic carbocycles. The van der Waals surface area contributed by atoms with Crippen LogP contribution in [0.5, 0.6) is 0 Å². The Morgan fingerprint density at radius 3 is 1.78 bits per heavy atom. The standard InChI is InChI=1S/C61H48F2N4/c62-61(63,48-33-34-53-52-27-11-12-30-54(52)67(57(53)40-48)58-41-46(35-38-64-58)60(36-15-4-16-37-60)45-23-9-3-10-24-45)47-25-17-26-49(39-47)65-42-66(56-32-14-13-31-55(56)65)59-50(43-19-5-1-6-20-43)28-18-29-51(59)44-21-7-2-8-22-44/h1-3,5-14,17-35,38-41H,4,15-16,36-37,42H2. The van der Waals surface area contributed by atoms with Crippen molar-refractivity contribution in [2.45, 2.75) is 43.4 Å². The SMILES string of the molecule is FC(F)(c1cccc(N2CN(c3c(-c4ccccc4)cccc3-c3ccccc3)c3ccccc32)c1)c1ccc2c3ccccc3n(-c3cc(C4(c5ccccc5)CCCCC4)ccn3)c2c1. The van der Waals surface area contributed by atoms with E-state index in [2.05, 4.69) is 148 Å². The minimum absolute atomic E-state index is 0.0696. The second-order valence-corrected chi connectivity index (χ2v) is 18.0. The summed E-state index contributed by atoms with van der Waals surface area (Å²) in [7, 11) is 0. The molecule has 1 saturated carbocycles. The molecule has 2 aromatic heterocycles. The molecule has 10 aromatic rings. The van der Waals surface area contributed by atoms with Crippen LogP contribution in [-0.2, 0) is 11.3 Å². The van der Waals surface area contributed by atoms with E-state index < -0.39 is 5.92 Å². The maximum atomic E-state index is 17.5. The van der Waals surface area contributed by atoms with E-state index in [0.717, 1.165) is 87.1 Å². The summed E-state index contributed by atoms with van der Waals surface area (Å²) in [6.07, 6.45) is 7.54. The number of hydrogen-bond donors (Lipinski definition) is 0. The second kappa shape index (κ2) is 16.6. The number of pyridine rings is 1. The molecular weight excluding hydrogens is 827 g/mol. The highest BCUT2D eigenvalue weighted by atomic mass is 19.3. The fraction of sp³-hybridized carbons (Fsp3) is 0.131. The van der Waals surface area contributed by atoms with Crippen molar-refractivity contribution < 1.29 is 8.78 Å². The van der Waals surface area contributed by atoms with Crippen LogP contribution in [0.4, 0.5) is 31.5 Å². The monoisotopic (exact) mass is 874 g/mol. The normalized spacial score (nSPS) is 14.7. The Hall–Kier alpha value is -7.83. The van der Waals surface area contributed by atoms with Crippen molar-refractivity contribution in [3.8, 4) is 28.1 Å². The summed E-state index contributed by atoms with van der Waals surface area (Å²) in [4.78, 5) is 9.45. The molecule has 0 atom stereocenters. The lowest BCUT2D eigenvalue weighted by atomic mass is 9.65. The van der Waals surface area contributed by atoms with Crippen LogP contribution in [0.1, 0.15) is 54.4 Å². The predicted molar refractivity (Wildman–Crippen MR) is 271 cm³/mol. The summed E-state index contributed by atoms with van der Waals surface area (Å²) in [5.74, 6) is -2.59. The fourth-order valence-corrected chi connectivity index (χ4v) is 11.1. The van der Waals surface area contributed by atoms with Crippen molar-refractivity contribution in [2.75, 3.05) is 16.5 Å². The number of rotatable bonds is 9. The van der Waals surface area contributed by atoms with Gasteiger partial charge in [-0.1, -0.05) is 183 Å². The summed E-state index contributed by atoms with van der Waals surface area (Å²) in [6, 6.07) is 71.0. The van der Waals surface area contributed by atoms with Crippen molar-refractivity contribution in [2.24, 2.45) is 0 Å². The van der Waals surface area contributed by atoms with Gasteiger partial charge in [-0.2, -0.15) is 8.78 Å². The summed E-state index contributed by atoms with van der Waals surface area (Å²) in [5.41, 5.74) is 12.0. The number of hydrogen-bond acceptors (Lipinski definition) is 3. The van der Waals surface area contributed by atoms with Gasteiger partial charge in [0.05, 0.1) is 28.1 Å². The van der Waals surface area contributed by atoms with Gasteiger partial charge in [-0.15, -0.1) is 0 Å². The van der Waals surface area contributed by atoms with E-state index in [1.165, 1.54) is 17.5 Å². The largest absolute Gasteiger partial charge is 0.321 e. The third kappa shape index (κ3) is 6.89. The summed E-state index contributed by atoms with van der Waals surface area (Å²) < 4.78 is 37.0. The first-order valence-electron chi connectivity index (χ1n) is 23.4. The van der Waals surface area contributed by atoms with Gasteiger partial charge in [0.15, 0.2) is 0 Å². The lowest BCUT2D eigenvalue weighted by Crippen LogP contribution is -2.30. The smallest absolute Gasteiger partial charge is 0.298 e. The molecule has 0 amide bonds. The van der Waals surface area contributed by atoms with Crippen molar-refractivity contribution in [1.29, 1.82) is 0 Å². The molecule has 326 valence electrons. The highest BCUT2D eigenvalue weighted by Gasteiger charge is 2.38. The zero-order valence-electron chi connectivity index (χ0n) is 37.1. The van der Waals surface area contributed by atoms with Crippen LogP contribution in [-0.4, -0.2) is 16.2 Å². The van der Waals surface area contributed by atoms with Crippen molar-refractivity contribution in [3.63, 3.8) is 0 Å². The molecule has 67 heavy (non-hydrogen) atoms. The van der Waals surface area contributed by atoms with Crippen LogP contribution in [0.3, 0.4) is 0 Å². The Bertz CT molecular complexity index is 3350. The van der Waals surface area contributed by atoms with Gasteiger partial charge in [0.2, 0.25) is 0 Å². The molecule has 0 saturated heterocycles. The third-order valence-corrected chi connectivity index (χ3v) is 14.3. The predicted octanol–water partition coefficient (Wildman–Crippen LogP) is 16.2. The molecule has 6 heteroatoms. The summed E-state index contributed by atoms with van der Waals surface area (Å²) in [5, 5.41) is 1.91. The molecule has 0 spiro atoms. The quantitative estimate of drug-likeness (QED) is 0.144. The number of benzene rings is 8. The Labute approximate surface area is 390 Å². The lowest BCUT2D eigenvalue weighted by molar-refractivity contribution is 0.0430. The zero-order chi connectivity index (χ0) is 45.0. The summed E-state index contributed by atoms with van der Waals surface area (Å²) >= 11 is 0. The molecule has 0 N–H and O–H groups in total. The minimum atomic E-state index is -3.32. The number of nitrogens with zero attached hydrogens (tertiary/aromatic N) is 4. The Balaban J connectivity index is 0.943. The number of para-hydroxylation sites is 4. The topological polar surface area (TPSA) is 24.3 Å². The Morgan fingerprint density at radius 1 is 0.463 bits per heavy atom. The molecule has 0 bridgehead atoms. The first kappa shape index (κ1) is 40.7. The first-order chi connectivity index (χ1) is 33.0. The minimum Gasteiger partial charge on any atom is -0.321 e. The van der Waals surface area contributed by atoms with Crippen LogP contribution < -0.4 is 9.80 Å². The number of halogens is 2. The number of fused-ring (bicyclic) bond motifs is 4. The third-order valence-electron chi connectivity index (χ3n) is 14.3. The second-order valence-electron chi connectivity index (χ2n) is 18.0. The highest BCUT2D eigenvalue weighted by molar-refractivity contribution is 6.09. The van der Waals surface area contributed by atoms with Crippen molar-refractivity contribution in [1.82, 2.24) is 9.55 Å². The number of aromatic nitrogens is 2. The van der Waals surface area contributed by atoms with Gasteiger partial charge >= 0.3 is 0 Å². The van der Waals surface area contributed by atoms with Gasteiger partial charge in [-0.25, -0.2) is 4.98 Å². The van der Waals surface area contributed by atoms with Crippen molar-refractivity contribution >= 4 is 44.6 Å².